The van der Waals surface area contributed by atoms with Gasteiger partial charge in [0.15, 0.2) is 0 Å². The molecule has 1 aromatic carbocycles. The molecule has 3 aliphatic rings. The maximum absolute atomic E-state index is 13.6. The Bertz CT molecular complexity index is 957. The SMILES string of the molecule is CC[C@]1(C(=O)NCCc2ccn[nH]2)C[C@H]2CC[C@@H]1N2C(=O)c1cccc2c1COC2. The van der Waals surface area contributed by atoms with Crippen LogP contribution in [0.2, 0.25) is 0 Å². The first kappa shape index (κ1) is 19.3. The molecule has 158 valence electrons. The topological polar surface area (TPSA) is 87.3 Å². The fourth-order valence-electron chi connectivity index (χ4n) is 5.73. The lowest BCUT2D eigenvalue weighted by Gasteiger charge is -2.35. The minimum Gasteiger partial charge on any atom is -0.372 e. The molecule has 0 unspecified atom stereocenters. The van der Waals surface area contributed by atoms with Crippen LogP contribution in [0.3, 0.4) is 0 Å². The Labute approximate surface area is 176 Å². The zero-order chi connectivity index (χ0) is 20.7. The van der Waals surface area contributed by atoms with Crippen LogP contribution in [-0.2, 0) is 29.2 Å². The molecule has 3 atom stereocenters. The lowest BCUT2D eigenvalue weighted by atomic mass is 9.71. The predicted octanol–water partition coefficient (Wildman–Crippen LogP) is 2.57. The molecule has 0 aliphatic carbocycles. The molecule has 4 heterocycles. The lowest BCUT2D eigenvalue weighted by Crippen LogP contribution is -2.50. The van der Waals surface area contributed by atoms with Gasteiger partial charge in [-0.25, -0.2) is 0 Å². The molecule has 0 radical (unpaired) electrons. The van der Waals surface area contributed by atoms with E-state index in [1.165, 1.54) is 0 Å². The van der Waals surface area contributed by atoms with E-state index in [4.69, 9.17) is 4.74 Å². The van der Waals surface area contributed by atoms with Crippen LogP contribution in [0.5, 0.6) is 0 Å². The van der Waals surface area contributed by atoms with Crippen LogP contribution < -0.4 is 5.32 Å². The fourth-order valence-corrected chi connectivity index (χ4v) is 5.73. The third-order valence-electron chi connectivity index (χ3n) is 7.30. The molecule has 1 aromatic heterocycles. The van der Waals surface area contributed by atoms with Crippen molar-refractivity contribution in [3.05, 3.63) is 52.8 Å². The Morgan fingerprint density at radius 2 is 2.20 bits per heavy atom. The first-order chi connectivity index (χ1) is 14.6. The highest BCUT2D eigenvalue weighted by atomic mass is 16.5. The van der Waals surface area contributed by atoms with Gasteiger partial charge in [0.05, 0.1) is 18.6 Å². The number of benzene rings is 1. The molecule has 7 heteroatoms. The second kappa shape index (κ2) is 7.54. The molecule has 2 fully saturated rings. The van der Waals surface area contributed by atoms with Crippen LogP contribution in [0.4, 0.5) is 0 Å². The highest BCUT2D eigenvalue weighted by Crippen LogP contribution is 2.52. The maximum Gasteiger partial charge on any atom is 0.254 e. The molecule has 7 nitrogen and oxygen atoms in total. The number of nitrogens with zero attached hydrogens (tertiary/aromatic N) is 2. The van der Waals surface area contributed by atoms with Crippen molar-refractivity contribution in [3.63, 3.8) is 0 Å². The molecule has 2 saturated heterocycles. The number of hydrogen-bond acceptors (Lipinski definition) is 4. The van der Waals surface area contributed by atoms with Crippen molar-refractivity contribution in [2.75, 3.05) is 6.54 Å². The third-order valence-corrected chi connectivity index (χ3v) is 7.30. The van der Waals surface area contributed by atoms with Gasteiger partial charge in [-0.2, -0.15) is 5.10 Å². The summed E-state index contributed by atoms with van der Waals surface area (Å²) in [5.41, 5.74) is 3.37. The third kappa shape index (κ3) is 2.95. The molecular weight excluding hydrogens is 380 g/mol. The first-order valence-electron chi connectivity index (χ1n) is 10.9. The highest BCUT2D eigenvalue weighted by molar-refractivity contribution is 5.98. The second-order valence-electron chi connectivity index (χ2n) is 8.70. The minimum absolute atomic E-state index is 0.0367. The Balaban J connectivity index is 1.34. The van der Waals surface area contributed by atoms with Crippen LogP contribution >= 0.6 is 0 Å². The minimum atomic E-state index is -0.499. The summed E-state index contributed by atoms with van der Waals surface area (Å²) in [7, 11) is 0. The molecule has 3 aliphatic heterocycles. The molecule has 2 bridgehead atoms. The van der Waals surface area contributed by atoms with Crippen molar-refractivity contribution in [2.24, 2.45) is 5.41 Å². The number of carbonyl (C=O) groups excluding carboxylic acids is 2. The van der Waals surface area contributed by atoms with E-state index < -0.39 is 5.41 Å². The number of H-pyrrole nitrogens is 1. The lowest BCUT2D eigenvalue weighted by molar-refractivity contribution is -0.132. The fraction of sp³-hybridized carbons (Fsp3) is 0.522. The summed E-state index contributed by atoms with van der Waals surface area (Å²) in [5, 5.41) is 10.0. The Kier molecular flexibility index (Phi) is 4.85. The standard InChI is InChI=1S/C23H28N4O3/c1-2-23(22(29)24-10-8-16-9-11-25-26-16)12-17-6-7-20(23)27(17)21(28)18-5-3-4-15-13-30-14-19(15)18/h3-5,9,11,17,20H,2,6-8,10,12-14H2,1H3,(H,24,29)(H,25,26)/t17-,20+,23+/m1/s1. The number of amides is 2. The molecule has 5 rings (SSSR count). The zero-order valence-corrected chi connectivity index (χ0v) is 17.3. The number of aromatic amines is 1. The average Bonchev–Trinajstić information content (AvgIpc) is 3.56. The number of ether oxygens (including phenoxy) is 1. The van der Waals surface area contributed by atoms with Gasteiger partial charge in [-0.1, -0.05) is 19.1 Å². The van der Waals surface area contributed by atoms with E-state index in [1.807, 2.05) is 29.2 Å². The summed E-state index contributed by atoms with van der Waals surface area (Å²) >= 11 is 0. The van der Waals surface area contributed by atoms with Gasteiger partial charge in [-0.15, -0.1) is 0 Å². The molecule has 2 amide bonds. The number of hydrogen-bond donors (Lipinski definition) is 2. The van der Waals surface area contributed by atoms with Gasteiger partial charge in [-0.05, 0) is 48.9 Å². The van der Waals surface area contributed by atoms with Gasteiger partial charge in [0.25, 0.3) is 5.91 Å². The van der Waals surface area contributed by atoms with E-state index in [-0.39, 0.29) is 23.9 Å². The van der Waals surface area contributed by atoms with E-state index in [0.29, 0.717) is 19.8 Å². The predicted molar refractivity (Wildman–Crippen MR) is 111 cm³/mol. The van der Waals surface area contributed by atoms with Crippen LogP contribution in [0.15, 0.2) is 30.5 Å². The van der Waals surface area contributed by atoms with Crippen molar-refractivity contribution in [1.82, 2.24) is 20.4 Å². The first-order valence-corrected chi connectivity index (χ1v) is 10.9. The van der Waals surface area contributed by atoms with Crippen LogP contribution in [-0.4, -0.2) is 45.5 Å². The number of carbonyl (C=O) groups is 2. The normalized spacial score (nSPS) is 26.8. The van der Waals surface area contributed by atoms with Crippen molar-refractivity contribution in [1.29, 1.82) is 0 Å². The van der Waals surface area contributed by atoms with E-state index in [2.05, 4.69) is 22.4 Å². The summed E-state index contributed by atoms with van der Waals surface area (Å²) in [6.07, 6.45) is 5.80. The van der Waals surface area contributed by atoms with Gasteiger partial charge < -0.3 is 15.0 Å². The summed E-state index contributed by atoms with van der Waals surface area (Å²) in [5.74, 6) is 0.140. The van der Waals surface area contributed by atoms with E-state index in [9.17, 15) is 9.59 Å². The molecule has 30 heavy (non-hydrogen) atoms. The molecule has 0 spiro atoms. The number of rotatable bonds is 6. The second-order valence-corrected chi connectivity index (χ2v) is 8.70. The zero-order valence-electron chi connectivity index (χ0n) is 17.3. The van der Waals surface area contributed by atoms with Gasteiger partial charge in [0.1, 0.15) is 0 Å². The smallest absolute Gasteiger partial charge is 0.254 e. The van der Waals surface area contributed by atoms with Crippen molar-refractivity contribution >= 4 is 11.8 Å². The van der Waals surface area contributed by atoms with Gasteiger partial charge in [-0.3, -0.25) is 14.7 Å². The largest absolute Gasteiger partial charge is 0.372 e. The summed E-state index contributed by atoms with van der Waals surface area (Å²) in [6.45, 7) is 3.71. The van der Waals surface area contributed by atoms with Crippen molar-refractivity contribution < 1.29 is 14.3 Å². The van der Waals surface area contributed by atoms with E-state index in [0.717, 1.165) is 54.5 Å². The van der Waals surface area contributed by atoms with Crippen molar-refractivity contribution in [2.45, 2.75) is 64.3 Å². The van der Waals surface area contributed by atoms with Crippen LogP contribution in [0, 0.1) is 5.41 Å². The number of aromatic nitrogens is 2. The van der Waals surface area contributed by atoms with Gasteiger partial charge in [0, 0.05) is 42.5 Å². The number of nitrogens with one attached hydrogen (secondary N) is 2. The Morgan fingerprint density at radius 1 is 1.30 bits per heavy atom. The average molecular weight is 409 g/mol. The Morgan fingerprint density at radius 3 is 3.00 bits per heavy atom. The molecule has 0 saturated carbocycles. The number of fused-ring (bicyclic) bond motifs is 3. The molecular formula is C23H28N4O3. The van der Waals surface area contributed by atoms with Gasteiger partial charge >= 0.3 is 0 Å². The molecule has 2 aromatic rings. The van der Waals surface area contributed by atoms with E-state index >= 15 is 0 Å². The van der Waals surface area contributed by atoms with Crippen LogP contribution in [0.25, 0.3) is 0 Å². The molecule has 2 N–H and O–H groups in total. The van der Waals surface area contributed by atoms with Crippen LogP contribution in [0.1, 0.15) is 59.8 Å². The highest BCUT2D eigenvalue weighted by Gasteiger charge is 2.60. The Hall–Kier alpha value is -2.67. The van der Waals surface area contributed by atoms with E-state index in [1.54, 1.807) is 6.20 Å². The quantitative estimate of drug-likeness (QED) is 0.769. The van der Waals surface area contributed by atoms with Gasteiger partial charge in [0.2, 0.25) is 5.91 Å². The van der Waals surface area contributed by atoms with Crippen molar-refractivity contribution in [3.8, 4) is 0 Å². The summed E-state index contributed by atoms with van der Waals surface area (Å²) < 4.78 is 5.57. The summed E-state index contributed by atoms with van der Waals surface area (Å²) in [6, 6.07) is 7.90. The summed E-state index contributed by atoms with van der Waals surface area (Å²) in [4.78, 5) is 28.9. The monoisotopic (exact) mass is 408 g/mol. The maximum atomic E-state index is 13.6.